The van der Waals surface area contributed by atoms with Crippen LogP contribution >= 0.6 is 23.2 Å². The summed E-state index contributed by atoms with van der Waals surface area (Å²) in [4.78, 5) is 29.7. The van der Waals surface area contributed by atoms with Gasteiger partial charge in [0.05, 0.1) is 22.8 Å². The van der Waals surface area contributed by atoms with Gasteiger partial charge in [0.1, 0.15) is 5.70 Å². The summed E-state index contributed by atoms with van der Waals surface area (Å²) in [6.07, 6.45) is 8.28. The van der Waals surface area contributed by atoms with Gasteiger partial charge in [0.15, 0.2) is 5.15 Å². The van der Waals surface area contributed by atoms with Gasteiger partial charge in [-0.05, 0) is 49.9 Å². The molecule has 0 radical (unpaired) electrons. The van der Waals surface area contributed by atoms with Crippen LogP contribution < -0.4 is 4.90 Å². The highest BCUT2D eigenvalue weighted by Crippen LogP contribution is 2.57. The number of nitrogens with zero attached hydrogens (tertiary/aromatic N) is 6. The van der Waals surface area contributed by atoms with Crippen molar-refractivity contribution in [2.75, 3.05) is 44.2 Å². The molecule has 0 bridgehead atoms. The number of carbonyl (C=O) groups excluding carboxylic acids is 1. The van der Waals surface area contributed by atoms with Crippen molar-refractivity contribution < 1.29 is 4.79 Å². The molecular formula is C28H30Cl2N6O. The predicted octanol–water partition coefficient (Wildman–Crippen LogP) is 5.03. The Morgan fingerprint density at radius 2 is 1.92 bits per heavy atom. The van der Waals surface area contributed by atoms with Gasteiger partial charge in [0, 0.05) is 49.2 Å². The summed E-state index contributed by atoms with van der Waals surface area (Å²) in [6, 6.07) is 8.99. The average molecular weight is 537 g/mol. The first-order valence-corrected chi connectivity index (χ1v) is 14.1. The van der Waals surface area contributed by atoms with Crippen molar-refractivity contribution in [1.82, 2.24) is 24.3 Å². The SMILES string of the molecule is CC[C@]12C=C(C(=O)N3CCN(c4ncc(Cl)c(Cl)n4)CC3)n3c4c(c5ccccc53)CCN(CCC1)[C@@H]42. The Hall–Kier alpha value is -2.61. The first kappa shape index (κ1) is 23.5. The maximum atomic E-state index is 14.3. The second-order valence-corrected chi connectivity index (χ2v) is 11.5. The van der Waals surface area contributed by atoms with E-state index in [-0.39, 0.29) is 16.5 Å². The van der Waals surface area contributed by atoms with Gasteiger partial charge < -0.3 is 14.4 Å². The number of amides is 1. The number of para-hydroxylation sites is 1. The minimum Gasteiger partial charge on any atom is -0.337 e. The number of benzene rings is 1. The summed E-state index contributed by atoms with van der Waals surface area (Å²) < 4.78 is 2.32. The number of halogens is 2. The normalized spacial score (nSPS) is 25.3. The van der Waals surface area contributed by atoms with Gasteiger partial charge in [0.25, 0.3) is 5.91 Å². The van der Waals surface area contributed by atoms with Crippen molar-refractivity contribution in [3.05, 3.63) is 58.0 Å². The molecule has 1 aromatic carbocycles. The van der Waals surface area contributed by atoms with E-state index in [1.54, 1.807) is 0 Å². The minimum absolute atomic E-state index is 0.00148. The van der Waals surface area contributed by atoms with Crippen LogP contribution in [0.15, 0.2) is 36.5 Å². The topological polar surface area (TPSA) is 57.5 Å². The number of hydrogen-bond donors (Lipinski definition) is 0. The summed E-state index contributed by atoms with van der Waals surface area (Å²) in [5.74, 6) is 0.672. The fourth-order valence-electron chi connectivity index (χ4n) is 7.20. The van der Waals surface area contributed by atoms with Crippen LogP contribution in [-0.4, -0.2) is 69.5 Å². The Bertz CT molecular complexity index is 1440. The molecule has 4 aliphatic heterocycles. The molecule has 0 unspecified atom stereocenters. The van der Waals surface area contributed by atoms with E-state index in [1.165, 1.54) is 29.3 Å². The molecule has 7 nitrogen and oxygen atoms in total. The Morgan fingerprint density at radius 3 is 2.70 bits per heavy atom. The third-order valence-corrected chi connectivity index (χ3v) is 9.67. The van der Waals surface area contributed by atoms with Gasteiger partial charge in [-0.1, -0.05) is 48.3 Å². The third-order valence-electron chi connectivity index (χ3n) is 9.01. The van der Waals surface area contributed by atoms with E-state index in [0.29, 0.717) is 43.2 Å². The number of piperazine rings is 1. The van der Waals surface area contributed by atoms with E-state index in [4.69, 9.17) is 23.2 Å². The second kappa shape index (κ2) is 8.72. The standard InChI is InChI=1S/C28H30Cl2N6O/c1-2-28-9-5-10-33-11-8-19-18-6-3-4-7-21(18)36(23(19)24(28)33)22(16-28)26(37)34-12-14-35(15-13-34)27-31-17-20(29)25(30)32-27/h3-4,6-7,16-17,24H,2,5,8-15H2,1H3/t24-,28+/m0/s1. The van der Waals surface area contributed by atoms with Crippen LogP contribution in [0.3, 0.4) is 0 Å². The fourth-order valence-corrected chi connectivity index (χ4v) is 7.41. The lowest BCUT2D eigenvalue weighted by Crippen LogP contribution is -2.53. The lowest BCUT2D eigenvalue weighted by molar-refractivity contribution is -0.126. The molecule has 2 fully saturated rings. The smallest absolute Gasteiger partial charge is 0.270 e. The molecule has 4 aliphatic rings. The predicted molar refractivity (Wildman–Crippen MR) is 147 cm³/mol. The molecule has 2 aromatic heterocycles. The molecule has 0 saturated carbocycles. The summed E-state index contributed by atoms with van der Waals surface area (Å²) in [5.41, 5.74) is 4.79. The maximum Gasteiger partial charge on any atom is 0.270 e. The van der Waals surface area contributed by atoms with Gasteiger partial charge in [-0.3, -0.25) is 9.69 Å². The van der Waals surface area contributed by atoms with Crippen LogP contribution in [0.2, 0.25) is 10.2 Å². The molecule has 6 heterocycles. The number of hydrogen-bond acceptors (Lipinski definition) is 5. The molecule has 9 heteroatoms. The Balaban J connectivity index is 1.26. The van der Waals surface area contributed by atoms with Gasteiger partial charge in [-0.15, -0.1) is 0 Å². The van der Waals surface area contributed by atoms with Gasteiger partial charge in [-0.2, -0.15) is 4.98 Å². The maximum absolute atomic E-state index is 14.3. The Kier molecular flexibility index (Phi) is 5.54. The van der Waals surface area contributed by atoms with Crippen LogP contribution in [0.25, 0.3) is 16.6 Å². The van der Waals surface area contributed by atoms with Crippen molar-refractivity contribution in [3.63, 3.8) is 0 Å². The van der Waals surface area contributed by atoms with E-state index >= 15 is 0 Å². The molecule has 1 amide bonds. The molecule has 192 valence electrons. The van der Waals surface area contributed by atoms with E-state index < -0.39 is 0 Å². The van der Waals surface area contributed by atoms with Crippen molar-refractivity contribution in [3.8, 4) is 0 Å². The highest BCUT2D eigenvalue weighted by Gasteiger charge is 2.51. The largest absolute Gasteiger partial charge is 0.337 e. The monoisotopic (exact) mass is 536 g/mol. The minimum atomic E-state index is -0.00148. The van der Waals surface area contributed by atoms with Gasteiger partial charge in [-0.25, -0.2) is 4.98 Å². The van der Waals surface area contributed by atoms with Gasteiger partial charge in [0.2, 0.25) is 5.95 Å². The zero-order valence-corrected chi connectivity index (χ0v) is 22.5. The van der Waals surface area contributed by atoms with Crippen molar-refractivity contribution in [1.29, 1.82) is 0 Å². The highest BCUT2D eigenvalue weighted by molar-refractivity contribution is 6.41. The first-order valence-electron chi connectivity index (χ1n) is 13.3. The number of aromatic nitrogens is 3. The van der Waals surface area contributed by atoms with Gasteiger partial charge >= 0.3 is 0 Å². The van der Waals surface area contributed by atoms with Crippen LogP contribution in [0, 0.1) is 5.41 Å². The van der Waals surface area contributed by atoms with E-state index in [1.807, 2.05) is 4.90 Å². The molecule has 0 N–H and O–H groups in total. The highest BCUT2D eigenvalue weighted by atomic mass is 35.5. The number of piperidine rings is 1. The molecule has 0 spiro atoms. The fraction of sp³-hybridized carbons (Fsp3) is 0.464. The lowest BCUT2D eigenvalue weighted by atomic mass is 9.66. The zero-order chi connectivity index (χ0) is 25.3. The van der Waals surface area contributed by atoms with E-state index in [9.17, 15) is 4.79 Å². The number of fused-ring (bicyclic) bond motifs is 3. The number of anilines is 1. The van der Waals surface area contributed by atoms with E-state index in [0.717, 1.165) is 43.6 Å². The summed E-state index contributed by atoms with van der Waals surface area (Å²) in [7, 11) is 0. The molecule has 2 saturated heterocycles. The quantitative estimate of drug-likeness (QED) is 0.439. The van der Waals surface area contributed by atoms with Crippen molar-refractivity contribution in [2.45, 2.75) is 38.6 Å². The third kappa shape index (κ3) is 3.47. The molecule has 7 rings (SSSR count). The molecular weight excluding hydrogens is 507 g/mol. The van der Waals surface area contributed by atoms with Crippen LogP contribution in [0.4, 0.5) is 5.95 Å². The van der Waals surface area contributed by atoms with Crippen LogP contribution in [-0.2, 0) is 11.2 Å². The van der Waals surface area contributed by atoms with E-state index in [2.05, 4.69) is 61.6 Å². The first-order chi connectivity index (χ1) is 18.0. The summed E-state index contributed by atoms with van der Waals surface area (Å²) in [6.45, 7) is 7.05. The van der Waals surface area contributed by atoms with Crippen molar-refractivity contribution in [2.24, 2.45) is 5.41 Å². The number of carbonyl (C=O) groups is 1. The molecule has 2 atom stereocenters. The lowest BCUT2D eigenvalue weighted by Gasteiger charge is -2.53. The Labute approximate surface area is 226 Å². The number of rotatable bonds is 3. The average Bonchev–Trinajstić information content (AvgIpc) is 3.28. The van der Waals surface area contributed by atoms with Crippen LogP contribution in [0.5, 0.6) is 0 Å². The summed E-state index contributed by atoms with van der Waals surface area (Å²) in [5, 5.41) is 1.90. The zero-order valence-electron chi connectivity index (χ0n) is 21.0. The molecule has 3 aromatic rings. The van der Waals surface area contributed by atoms with Crippen molar-refractivity contribution >= 4 is 51.7 Å². The second-order valence-electron chi connectivity index (χ2n) is 10.7. The Morgan fingerprint density at radius 1 is 1.11 bits per heavy atom. The van der Waals surface area contributed by atoms with Crippen LogP contribution in [0.1, 0.15) is 43.5 Å². The molecule has 0 aliphatic carbocycles. The molecule has 37 heavy (non-hydrogen) atoms. The summed E-state index contributed by atoms with van der Waals surface area (Å²) >= 11 is 12.1.